The number of phenols is 2. The molecule has 124 valence electrons. The molecular formula is C14H9N2NaO7S. The zero-order valence-electron chi connectivity index (χ0n) is 12.7. The van der Waals surface area contributed by atoms with Crippen LogP contribution in [-0.4, -0.2) is 34.8 Å². The van der Waals surface area contributed by atoms with Gasteiger partial charge in [0.2, 0.25) is 11.6 Å². The van der Waals surface area contributed by atoms with E-state index in [-0.39, 0.29) is 35.2 Å². The Morgan fingerprint density at radius 3 is 1.96 bits per heavy atom. The van der Waals surface area contributed by atoms with E-state index in [1.807, 2.05) is 0 Å². The van der Waals surface area contributed by atoms with Crippen LogP contribution in [0.4, 0.5) is 11.4 Å². The number of hydrogen-bond donors (Lipinski definition) is 4. The van der Waals surface area contributed by atoms with Gasteiger partial charge in [-0.2, -0.15) is 0 Å². The predicted octanol–water partition coefficient (Wildman–Crippen LogP) is -3.05. The molecule has 0 aromatic heterocycles. The number of phenolic OH excluding ortho intramolecular Hbond substituents is 2. The molecule has 0 bridgehead atoms. The minimum Gasteiger partial charge on any atom is -0.744 e. The van der Waals surface area contributed by atoms with Crippen molar-refractivity contribution < 1.29 is 62.3 Å². The average molecular weight is 372 g/mol. The smallest absolute Gasteiger partial charge is 0.744 e. The van der Waals surface area contributed by atoms with E-state index in [0.29, 0.717) is 6.07 Å². The summed E-state index contributed by atoms with van der Waals surface area (Å²) >= 11 is 0. The number of rotatable bonds is 1. The van der Waals surface area contributed by atoms with Crippen molar-refractivity contribution in [1.82, 2.24) is 0 Å². The first-order chi connectivity index (χ1) is 11.1. The molecule has 0 saturated heterocycles. The number of carbonyl (C=O) groups is 2. The third-order valence-corrected chi connectivity index (χ3v) is 4.54. The Hall–Kier alpha value is -2.11. The van der Waals surface area contributed by atoms with E-state index in [2.05, 4.69) is 0 Å². The Balaban J connectivity index is 0.00000225. The van der Waals surface area contributed by atoms with E-state index >= 15 is 0 Å². The van der Waals surface area contributed by atoms with E-state index < -0.39 is 66.0 Å². The van der Waals surface area contributed by atoms with Crippen molar-refractivity contribution in [2.45, 2.75) is 4.90 Å². The molecule has 0 atom stereocenters. The maximum Gasteiger partial charge on any atom is 1.00 e. The zero-order valence-corrected chi connectivity index (χ0v) is 15.5. The second kappa shape index (κ2) is 6.00. The summed E-state index contributed by atoms with van der Waals surface area (Å²) in [7, 11) is -5.15. The molecule has 3 rings (SSSR count). The first kappa shape index (κ1) is 19.2. The number of fused-ring (bicyclic) bond motifs is 2. The Morgan fingerprint density at radius 1 is 0.880 bits per heavy atom. The van der Waals surface area contributed by atoms with Crippen LogP contribution < -0.4 is 41.0 Å². The standard InChI is InChI=1S/C14H10N2O7S.Na/c15-4-1-2-6(17)10-8(4)14(20)11-9(13(10)19)5(16)3-7(12(11)18)24(21,22)23;/h1-3,17-18H,15-16H2,(H,21,22,23);/q;+1/p-1. The number of benzene rings is 2. The summed E-state index contributed by atoms with van der Waals surface area (Å²) < 4.78 is 33.6. The molecule has 2 aromatic carbocycles. The van der Waals surface area contributed by atoms with E-state index in [9.17, 15) is 32.8 Å². The molecule has 0 fully saturated rings. The van der Waals surface area contributed by atoms with Crippen LogP contribution >= 0.6 is 0 Å². The van der Waals surface area contributed by atoms with Crippen LogP contribution in [0.5, 0.6) is 11.5 Å². The van der Waals surface area contributed by atoms with Gasteiger partial charge in [-0.05, 0) is 18.2 Å². The van der Waals surface area contributed by atoms with Gasteiger partial charge in [-0.25, -0.2) is 8.42 Å². The Kier molecular flexibility index (Phi) is 4.61. The molecule has 1 aliphatic carbocycles. The number of anilines is 2. The molecule has 0 amide bonds. The second-order valence-corrected chi connectivity index (χ2v) is 6.45. The van der Waals surface area contributed by atoms with Gasteiger partial charge in [0.25, 0.3) is 0 Å². The number of hydrogen-bond acceptors (Lipinski definition) is 9. The molecule has 0 aliphatic heterocycles. The van der Waals surface area contributed by atoms with Crippen molar-refractivity contribution in [3.05, 3.63) is 40.5 Å². The fourth-order valence-corrected chi connectivity index (χ4v) is 3.27. The van der Waals surface area contributed by atoms with Crippen LogP contribution in [0, 0.1) is 0 Å². The summed E-state index contributed by atoms with van der Waals surface area (Å²) in [5, 5.41) is 19.9. The van der Waals surface area contributed by atoms with E-state index in [0.717, 1.165) is 6.07 Å². The van der Waals surface area contributed by atoms with Crippen molar-refractivity contribution in [3.8, 4) is 11.5 Å². The summed E-state index contributed by atoms with van der Waals surface area (Å²) in [6.07, 6.45) is 0. The summed E-state index contributed by atoms with van der Waals surface area (Å²) in [4.78, 5) is 24.1. The molecule has 0 heterocycles. The van der Waals surface area contributed by atoms with Gasteiger partial charge < -0.3 is 26.2 Å². The predicted molar refractivity (Wildman–Crippen MR) is 79.9 cm³/mol. The fraction of sp³-hybridized carbons (Fsp3) is 0. The van der Waals surface area contributed by atoms with Crippen LogP contribution in [0.15, 0.2) is 23.1 Å². The number of nitrogen functional groups attached to an aromatic ring is 2. The van der Waals surface area contributed by atoms with Crippen molar-refractivity contribution in [2.75, 3.05) is 11.5 Å². The van der Waals surface area contributed by atoms with Crippen LogP contribution in [0.1, 0.15) is 31.8 Å². The van der Waals surface area contributed by atoms with Gasteiger partial charge >= 0.3 is 29.6 Å². The molecular weight excluding hydrogens is 363 g/mol. The largest absolute Gasteiger partial charge is 1.00 e. The average Bonchev–Trinajstić information content (AvgIpc) is 2.47. The SMILES string of the molecule is Nc1ccc(O)c2c1C(=O)c1c(O)c(S(=O)(=O)[O-])cc(N)c1C2=O.[Na+]. The molecule has 1 aliphatic rings. The van der Waals surface area contributed by atoms with E-state index in [1.54, 1.807) is 0 Å². The molecule has 0 radical (unpaired) electrons. The maximum atomic E-state index is 12.6. The summed E-state index contributed by atoms with van der Waals surface area (Å²) in [5.74, 6) is -3.65. The van der Waals surface area contributed by atoms with E-state index in [4.69, 9.17) is 11.5 Å². The molecule has 0 spiro atoms. The molecule has 25 heavy (non-hydrogen) atoms. The van der Waals surface area contributed by atoms with E-state index in [1.165, 1.54) is 6.07 Å². The molecule has 0 saturated carbocycles. The first-order valence-electron chi connectivity index (χ1n) is 6.37. The normalized spacial score (nSPS) is 13.0. The monoisotopic (exact) mass is 372 g/mol. The molecule has 6 N–H and O–H groups in total. The zero-order chi connectivity index (χ0) is 18.0. The van der Waals surface area contributed by atoms with Crippen molar-refractivity contribution in [1.29, 1.82) is 0 Å². The minimum absolute atomic E-state index is 0. The van der Waals surface area contributed by atoms with Crippen molar-refractivity contribution >= 4 is 33.1 Å². The van der Waals surface area contributed by atoms with Gasteiger partial charge in [0, 0.05) is 11.4 Å². The number of carbonyl (C=O) groups excluding carboxylic acids is 2. The number of ketones is 2. The van der Waals surface area contributed by atoms with Gasteiger partial charge in [0.15, 0.2) is 0 Å². The quantitative estimate of drug-likeness (QED) is 0.149. The Labute approximate surface area is 163 Å². The van der Waals surface area contributed by atoms with Crippen LogP contribution in [-0.2, 0) is 10.1 Å². The van der Waals surface area contributed by atoms with Gasteiger partial charge in [-0.1, -0.05) is 0 Å². The topological polar surface area (TPSA) is 184 Å². The third-order valence-electron chi connectivity index (χ3n) is 3.69. The van der Waals surface area contributed by atoms with Crippen molar-refractivity contribution in [3.63, 3.8) is 0 Å². The van der Waals surface area contributed by atoms with Crippen LogP contribution in [0.25, 0.3) is 0 Å². The third kappa shape index (κ3) is 2.68. The first-order valence-corrected chi connectivity index (χ1v) is 7.78. The van der Waals surface area contributed by atoms with Gasteiger partial charge in [-0.3, -0.25) is 9.59 Å². The van der Waals surface area contributed by atoms with Crippen molar-refractivity contribution in [2.24, 2.45) is 0 Å². The molecule has 9 nitrogen and oxygen atoms in total. The maximum absolute atomic E-state index is 12.6. The molecule has 2 aromatic rings. The second-order valence-electron chi connectivity index (χ2n) is 5.10. The van der Waals surface area contributed by atoms with Gasteiger partial charge in [-0.15, -0.1) is 0 Å². The molecule has 11 heteroatoms. The van der Waals surface area contributed by atoms with Crippen LogP contribution in [0.3, 0.4) is 0 Å². The van der Waals surface area contributed by atoms with Crippen LogP contribution in [0.2, 0.25) is 0 Å². The summed E-state index contributed by atoms with van der Waals surface area (Å²) in [6, 6.07) is 2.87. The van der Waals surface area contributed by atoms with Gasteiger partial charge in [0.05, 0.1) is 27.1 Å². The summed E-state index contributed by atoms with van der Waals surface area (Å²) in [5.41, 5.74) is 8.55. The van der Waals surface area contributed by atoms with Gasteiger partial charge in [0.1, 0.15) is 21.6 Å². The minimum atomic E-state index is -5.15. The summed E-state index contributed by atoms with van der Waals surface area (Å²) in [6.45, 7) is 0. The fourth-order valence-electron chi connectivity index (χ4n) is 2.66. The number of nitrogens with two attached hydrogens (primary N) is 2. The molecule has 0 unspecified atom stereocenters. The Morgan fingerprint density at radius 2 is 1.40 bits per heavy atom. The Bertz CT molecular complexity index is 1060. The number of aromatic hydroxyl groups is 2.